The normalized spacial score (nSPS) is 12.6. The van der Waals surface area contributed by atoms with E-state index in [-0.39, 0.29) is 6.04 Å². The Hall–Kier alpha value is -0.970. The van der Waals surface area contributed by atoms with E-state index in [0.717, 1.165) is 36.5 Å². The molecule has 3 nitrogen and oxygen atoms in total. The molecule has 0 saturated heterocycles. The van der Waals surface area contributed by atoms with E-state index in [1.807, 2.05) is 12.1 Å². The van der Waals surface area contributed by atoms with Gasteiger partial charge in [0.2, 0.25) is 0 Å². The van der Waals surface area contributed by atoms with Crippen molar-refractivity contribution in [1.29, 1.82) is 0 Å². The second-order valence-electron chi connectivity index (χ2n) is 4.77. The molecule has 0 aliphatic carbocycles. The molecule has 0 amide bonds. The maximum absolute atomic E-state index is 5.94. The zero-order valence-electron chi connectivity index (χ0n) is 11.9. The Morgan fingerprint density at radius 1 is 1.25 bits per heavy atom. The lowest BCUT2D eigenvalue weighted by molar-refractivity contribution is 0.552. The van der Waals surface area contributed by atoms with Gasteiger partial charge in [-0.1, -0.05) is 48.5 Å². The van der Waals surface area contributed by atoms with Crippen molar-refractivity contribution >= 4 is 23.1 Å². The average Bonchev–Trinajstić information content (AvgIpc) is 2.89. The van der Waals surface area contributed by atoms with Crippen LogP contribution in [0.15, 0.2) is 24.3 Å². The van der Waals surface area contributed by atoms with Gasteiger partial charge in [-0.3, -0.25) is 0 Å². The lowest BCUT2D eigenvalue weighted by atomic mass is 10.0. The van der Waals surface area contributed by atoms with Crippen LogP contribution in [0, 0.1) is 0 Å². The minimum Gasteiger partial charge on any atom is -0.309 e. The van der Waals surface area contributed by atoms with E-state index in [1.54, 1.807) is 0 Å². The largest absolute Gasteiger partial charge is 0.309 e. The van der Waals surface area contributed by atoms with Crippen LogP contribution in [0.3, 0.4) is 0 Å². The minimum absolute atomic E-state index is 0.280. The summed E-state index contributed by atoms with van der Waals surface area (Å²) >= 11 is 7.45. The lowest BCUT2D eigenvalue weighted by Crippen LogP contribution is -2.23. The Kier molecular flexibility index (Phi) is 5.95. The lowest BCUT2D eigenvalue weighted by Gasteiger charge is -2.17. The Balaban J connectivity index is 2.17. The average molecular weight is 310 g/mol. The number of aryl methyl sites for hydroxylation is 1. The summed E-state index contributed by atoms with van der Waals surface area (Å²) in [7, 11) is 0. The number of aromatic nitrogens is 2. The molecule has 0 radical (unpaired) electrons. The minimum atomic E-state index is 0.280. The van der Waals surface area contributed by atoms with Gasteiger partial charge in [0.1, 0.15) is 0 Å². The number of likely N-dealkylation sites (N-methyl/N-ethyl adjacent to an activating group) is 1. The highest BCUT2D eigenvalue weighted by Crippen LogP contribution is 2.25. The van der Waals surface area contributed by atoms with Gasteiger partial charge in [-0.25, -0.2) is 0 Å². The van der Waals surface area contributed by atoms with Gasteiger partial charge in [-0.05, 0) is 48.6 Å². The summed E-state index contributed by atoms with van der Waals surface area (Å²) in [4.78, 5) is 1.27. The predicted octanol–water partition coefficient (Wildman–Crippen LogP) is 4.04. The fraction of sp³-hybridized carbons (Fsp3) is 0.467. The molecule has 2 rings (SSSR count). The van der Waals surface area contributed by atoms with Crippen LogP contribution in [-0.2, 0) is 12.8 Å². The molecule has 1 atom stereocenters. The molecule has 5 heteroatoms. The van der Waals surface area contributed by atoms with Crippen molar-refractivity contribution in [3.63, 3.8) is 0 Å². The summed E-state index contributed by atoms with van der Waals surface area (Å²) in [6, 6.07) is 8.33. The number of nitrogens with zero attached hydrogens (tertiary/aromatic N) is 2. The smallest absolute Gasteiger partial charge is 0.0803 e. The number of benzene rings is 1. The highest BCUT2D eigenvalue weighted by atomic mass is 35.5. The molecule has 1 N–H and O–H groups in total. The van der Waals surface area contributed by atoms with Crippen molar-refractivity contribution in [3.8, 4) is 0 Å². The zero-order valence-corrected chi connectivity index (χ0v) is 13.5. The monoisotopic (exact) mass is 309 g/mol. The molecule has 0 aliphatic heterocycles. The zero-order chi connectivity index (χ0) is 14.4. The van der Waals surface area contributed by atoms with E-state index >= 15 is 0 Å². The number of hydrogen-bond donors (Lipinski definition) is 1. The Bertz CT molecular complexity index is 524. The van der Waals surface area contributed by atoms with E-state index in [1.165, 1.54) is 22.0 Å². The molecular formula is C15H20ClN3S. The standard InChI is InChI=1S/C15H20ClN3S/c1-3-5-13-15(20-19-18-13)14(17-4-2)10-11-6-8-12(16)9-7-11/h6-9,14,17H,3-5,10H2,1-2H3. The van der Waals surface area contributed by atoms with E-state index in [9.17, 15) is 0 Å². The first-order chi connectivity index (χ1) is 9.74. The molecule has 1 unspecified atom stereocenters. The van der Waals surface area contributed by atoms with Crippen molar-refractivity contribution in [3.05, 3.63) is 45.4 Å². The first-order valence-electron chi connectivity index (χ1n) is 7.03. The Morgan fingerprint density at radius 2 is 2.00 bits per heavy atom. The molecule has 0 aliphatic rings. The molecule has 0 saturated carbocycles. The highest BCUT2D eigenvalue weighted by Gasteiger charge is 2.18. The maximum Gasteiger partial charge on any atom is 0.0803 e. The highest BCUT2D eigenvalue weighted by molar-refractivity contribution is 7.05. The van der Waals surface area contributed by atoms with Gasteiger partial charge in [0, 0.05) is 11.1 Å². The van der Waals surface area contributed by atoms with Gasteiger partial charge in [0.25, 0.3) is 0 Å². The van der Waals surface area contributed by atoms with Crippen molar-refractivity contribution in [2.24, 2.45) is 0 Å². The summed E-state index contributed by atoms with van der Waals surface area (Å²) in [5, 5.41) is 8.59. The Morgan fingerprint density at radius 3 is 2.65 bits per heavy atom. The van der Waals surface area contributed by atoms with Crippen LogP contribution in [0.4, 0.5) is 0 Å². The molecule has 1 aromatic carbocycles. The number of rotatable bonds is 7. The summed E-state index contributed by atoms with van der Waals surface area (Å²) in [6.07, 6.45) is 3.03. The summed E-state index contributed by atoms with van der Waals surface area (Å²) in [6.45, 7) is 5.23. The van der Waals surface area contributed by atoms with E-state index in [2.05, 4.69) is 40.9 Å². The van der Waals surface area contributed by atoms with Crippen LogP contribution in [0.2, 0.25) is 5.02 Å². The van der Waals surface area contributed by atoms with Crippen molar-refractivity contribution in [1.82, 2.24) is 14.9 Å². The van der Waals surface area contributed by atoms with E-state index in [0.29, 0.717) is 0 Å². The molecule has 0 bridgehead atoms. The number of hydrogen-bond acceptors (Lipinski definition) is 4. The van der Waals surface area contributed by atoms with Crippen LogP contribution in [0.1, 0.15) is 42.4 Å². The quantitative estimate of drug-likeness (QED) is 0.839. The summed E-state index contributed by atoms with van der Waals surface area (Å²) < 4.78 is 4.13. The van der Waals surface area contributed by atoms with Gasteiger partial charge < -0.3 is 5.32 Å². The second kappa shape index (κ2) is 7.72. The van der Waals surface area contributed by atoms with E-state index in [4.69, 9.17) is 11.6 Å². The summed E-state index contributed by atoms with van der Waals surface area (Å²) in [5.41, 5.74) is 2.41. The van der Waals surface area contributed by atoms with Crippen LogP contribution < -0.4 is 5.32 Å². The van der Waals surface area contributed by atoms with Crippen molar-refractivity contribution in [2.45, 2.75) is 39.2 Å². The molecule has 20 heavy (non-hydrogen) atoms. The van der Waals surface area contributed by atoms with Gasteiger partial charge in [-0.2, -0.15) is 0 Å². The van der Waals surface area contributed by atoms with Crippen molar-refractivity contribution in [2.75, 3.05) is 6.54 Å². The van der Waals surface area contributed by atoms with Gasteiger partial charge in [-0.15, -0.1) is 5.10 Å². The van der Waals surface area contributed by atoms with Crippen LogP contribution in [0.25, 0.3) is 0 Å². The topological polar surface area (TPSA) is 37.8 Å². The van der Waals surface area contributed by atoms with Gasteiger partial charge in [0.05, 0.1) is 10.6 Å². The second-order valence-corrected chi connectivity index (χ2v) is 6.00. The van der Waals surface area contributed by atoms with Crippen LogP contribution in [-0.4, -0.2) is 16.1 Å². The fourth-order valence-electron chi connectivity index (χ4n) is 2.25. The molecule has 2 aromatic rings. The van der Waals surface area contributed by atoms with Crippen molar-refractivity contribution < 1.29 is 0 Å². The molecule has 108 valence electrons. The molecule has 0 fully saturated rings. The number of halogens is 1. The van der Waals surface area contributed by atoms with Gasteiger partial charge in [0.15, 0.2) is 0 Å². The first-order valence-corrected chi connectivity index (χ1v) is 8.18. The van der Waals surface area contributed by atoms with Crippen LogP contribution >= 0.6 is 23.1 Å². The van der Waals surface area contributed by atoms with E-state index < -0.39 is 0 Å². The molecule has 1 heterocycles. The molecule has 1 aromatic heterocycles. The summed E-state index contributed by atoms with van der Waals surface area (Å²) in [5.74, 6) is 0. The molecule has 0 spiro atoms. The third-order valence-corrected chi connectivity index (χ3v) is 4.32. The fourth-order valence-corrected chi connectivity index (χ4v) is 3.15. The Labute approximate surface area is 129 Å². The number of nitrogens with one attached hydrogen (secondary N) is 1. The van der Waals surface area contributed by atoms with Crippen LogP contribution in [0.5, 0.6) is 0 Å². The maximum atomic E-state index is 5.94. The predicted molar refractivity (Wildman–Crippen MR) is 85.5 cm³/mol. The first kappa shape index (κ1) is 15.4. The van der Waals surface area contributed by atoms with Gasteiger partial charge >= 0.3 is 0 Å². The molecular weight excluding hydrogens is 290 g/mol. The third kappa shape index (κ3) is 4.01. The third-order valence-electron chi connectivity index (χ3n) is 3.19. The SMILES string of the molecule is CCCc1nnsc1C(Cc1ccc(Cl)cc1)NCC.